The Hall–Kier alpha value is -3.13. The molecule has 2 N–H and O–H groups in total. The lowest BCUT2D eigenvalue weighted by molar-refractivity contribution is -0.119. The van der Waals surface area contributed by atoms with Crippen molar-refractivity contribution in [1.29, 1.82) is 0 Å². The fourth-order valence-corrected chi connectivity index (χ4v) is 4.11. The number of hydrogen-bond acceptors (Lipinski definition) is 5. The van der Waals surface area contributed by atoms with Crippen LogP contribution in [0.15, 0.2) is 59.8 Å². The summed E-state index contributed by atoms with van der Waals surface area (Å²) in [5, 5.41) is 14.9. The normalized spacial score (nSPS) is 11.9. The highest BCUT2D eigenvalue weighted by Gasteiger charge is 2.19. The van der Waals surface area contributed by atoms with E-state index in [-0.39, 0.29) is 29.5 Å². The molecule has 0 saturated carbocycles. The molecule has 1 atom stereocenters. The molecule has 31 heavy (non-hydrogen) atoms. The van der Waals surface area contributed by atoms with E-state index in [1.165, 1.54) is 18.7 Å². The van der Waals surface area contributed by atoms with Gasteiger partial charge in [-0.25, -0.2) is 0 Å². The number of carbonyl (C=O) groups excluding carboxylic acids is 2. The second kappa shape index (κ2) is 10.3. The molecule has 0 fully saturated rings. The molecule has 7 nitrogen and oxygen atoms in total. The molecule has 0 bridgehead atoms. The van der Waals surface area contributed by atoms with Crippen LogP contribution >= 0.6 is 11.8 Å². The molecule has 0 saturated heterocycles. The van der Waals surface area contributed by atoms with E-state index in [1.54, 1.807) is 0 Å². The maximum atomic E-state index is 12.7. The van der Waals surface area contributed by atoms with Crippen LogP contribution in [0.2, 0.25) is 0 Å². The minimum atomic E-state index is -0.137. The van der Waals surface area contributed by atoms with Gasteiger partial charge in [-0.15, -0.1) is 10.2 Å². The van der Waals surface area contributed by atoms with Crippen LogP contribution in [0.3, 0.4) is 0 Å². The zero-order chi connectivity index (χ0) is 22.4. The Morgan fingerprint density at radius 3 is 2.48 bits per heavy atom. The summed E-state index contributed by atoms with van der Waals surface area (Å²) < 4.78 is 1.88. The molecule has 1 heterocycles. The van der Waals surface area contributed by atoms with Gasteiger partial charge >= 0.3 is 0 Å². The highest BCUT2D eigenvalue weighted by atomic mass is 32.2. The first-order valence-corrected chi connectivity index (χ1v) is 11.1. The average Bonchev–Trinajstić information content (AvgIpc) is 3.11. The number of aromatic nitrogens is 3. The van der Waals surface area contributed by atoms with Crippen molar-refractivity contribution in [1.82, 2.24) is 20.1 Å². The Morgan fingerprint density at radius 1 is 1.06 bits per heavy atom. The van der Waals surface area contributed by atoms with Gasteiger partial charge in [0, 0.05) is 12.6 Å². The third-order valence-electron chi connectivity index (χ3n) is 4.69. The van der Waals surface area contributed by atoms with Crippen LogP contribution in [-0.2, 0) is 9.59 Å². The highest BCUT2D eigenvalue weighted by Crippen LogP contribution is 2.25. The van der Waals surface area contributed by atoms with E-state index in [9.17, 15) is 9.59 Å². The number of carbonyl (C=O) groups is 2. The summed E-state index contributed by atoms with van der Waals surface area (Å²) in [5.74, 6) is 0.985. The van der Waals surface area contributed by atoms with Crippen LogP contribution in [0.5, 0.6) is 0 Å². The van der Waals surface area contributed by atoms with Crippen molar-refractivity contribution in [3.05, 3.63) is 66.0 Å². The monoisotopic (exact) mass is 437 g/mol. The van der Waals surface area contributed by atoms with Gasteiger partial charge in [0.25, 0.3) is 0 Å². The Kier molecular flexibility index (Phi) is 7.46. The van der Waals surface area contributed by atoms with Crippen molar-refractivity contribution in [2.75, 3.05) is 11.1 Å². The number of aryl methyl sites for hydroxylation is 1. The number of thioether (sulfide) groups is 1. The zero-order valence-electron chi connectivity index (χ0n) is 18.1. The van der Waals surface area contributed by atoms with E-state index in [2.05, 4.69) is 34.7 Å². The smallest absolute Gasteiger partial charge is 0.230 e. The average molecular weight is 438 g/mol. The predicted octanol–water partition coefficient (Wildman–Crippen LogP) is 4.14. The quantitative estimate of drug-likeness (QED) is 0.517. The topological polar surface area (TPSA) is 88.9 Å². The molecule has 0 aliphatic rings. The number of amides is 2. The number of nitrogens with one attached hydrogen (secondary N) is 2. The molecule has 3 rings (SSSR count). The summed E-state index contributed by atoms with van der Waals surface area (Å²) in [4.78, 5) is 24.1. The third-order valence-corrected chi connectivity index (χ3v) is 5.62. The molecule has 0 aliphatic carbocycles. The lowest BCUT2D eigenvalue weighted by atomic mass is 9.96. The third kappa shape index (κ3) is 5.95. The molecule has 0 aliphatic heterocycles. The van der Waals surface area contributed by atoms with Gasteiger partial charge in [-0.3, -0.25) is 14.2 Å². The molecule has 2 aromatic carbocycles. The summed E-state index contributed by atoms with van der Waals surface area (Å²) in [6.07, 6.45) is 0. The van der Waals surface area contributed by atoms with E-state index >= 15 is 0 Å². The van der Waals surface area contributed by atoms with Crippen molar-refractivity contribution in [3.63, 3.8) is 0 Å². The second-order valence-corrected chi connectivity index (χ2v) is 8.53. The number of benzene rings is 2. The van der Waals surface area contributed by atoms with E-state index in [0.29, 0.717) is 16.7 Å². The molecule has 0 radical (unpaired) electrons. The first-order valence-electron chi connectivity index (χ1n) is 10.1. The number of nitrogens with zero attached hydrogens (tertiary/aromatic N) is 3. The SMILES string of the molecule is CC(=O)Nc1cccc(-n2c(C)nnc2SCC(=O)NC(c2ccccc2)C(C)C)c1. The fraction of sp³-hybridized carbons (Fsp3) is 0.304. The Morgan fingerprint density at radius 2 is 1.81 bits per heavy atom. The zero-order valence-corrected chi connectivity index (χ0v) is 18.9. The molecule has 0 spiro atoms. The molecular weight excluding hydrogens is 410 g/mol. The summed E-state index contributed by atoms with van der Waals surface area (Å²) in [6.45, 7) is 7.50. The van der Waals surface area contributed by atoms with Crippen LogP contribution in [0, 0.1) is 12.8 Å². The largest absolute Gasteiger partial charge is 0.348 e. The first kappa shape index (κ1) is 22.6. The van der Waals surface area contributed by atoms with Crippen LogP contribution in [0.25, 0.3) is 5.69 Å². The van der Waals surface area contributed by atoms with Crippen molar-refractivity contribution in [3.8, 4) is 5.69 Å². The summed E-state index contributed by atoms with van der Waals surface area (Å²) in [5.41, 5.74) is 2.60. The molecule has 8 heteroatoms. The molecule has 162 valence electrons. The summed E-state index contributed by atoms with van der Waals surface area (Å²) in [6, 6.07) is 17.4. The number of anilines is 1. The Balaban J connectivity index is 1.72. The van der Waals surface area contributed by atoms with Crippen LogP contribution in [-0.4, -0.2) is 32.3 Å². The van der Waals surface area contributed by atoms with E-state index < -0.39 is 0 Å². The van der Waals surface area contributed by atoms with E-state index in [4.69, 9.17) is 0 Å². The molecule has 3 aromatic rings. The second-order valence-electron chi connectivity index (χ2n) is 7.59. The standard InChI is InChI=1S/C23H27N5O2S/c1-15(2)22(18-9-6-5-7-10-18)25-21(30)14-31-23-27-26-16(3)28(23)20-12-8-11-19(13-20)24-17(4)29/h5-13,15,22H,14H2,1-4H3,(H,24,29)(H,25,30). The van der Waals surface area contributed by atoms with Crippen molar-refractivity contribution in [2.24, 2.45) is 5.92 Å². The maximum absolute atomic E-state index is 12.7. The molecule has 1 unspecified atom stereocenters. The molecule has 1 aromatic heterocycles. The predicted molar refractivity (Wildman–Crippen MR) is 123 cm³/mol. The van der Waals surface area contributed by atoms with Gasteiger partial charge < -0.3 is 10.6 Å². The Bertz CT molecular complexity index is 1050. The fourth-order valence-electron chi connectivity index (χ4n) is 3.30. The minimum Gasteiger partial charge on any atom is -0.348 e. The van der Waals surface area contributed by atoms with Crippen molar-refractivity contribution in [2.45, 2.75) is 38.9 Å². The lowest BCUT2D eigenvalue weighted by Crippen LogP contribution is -2.33. The van der Waals surface area contributed by atoms with Crippen molar-refractivity contribution < 1.29 is 9.59 Å². The van der Waals surface area contributed by atoms with Gasteiger partial charge in [-0.2, -0.15) is 0 Å². The van der Waals surface area contributed by atoms with Gasteiger partial charge in [0.15, 0.2) is 5.16 Å². The van der Waals surface area contributed by atoms with Gasteiger partial charge in [-0.1, -0.05) is 62.0 Å². The van der Waals surface area contributed by atoms with Crippen LogP contribution in [0.1, 0.15) is 38.2 Å². The number of hydrogen-bond donors (Lipinski definition) is 2. The van der Waals surface area contributed by atoms with E-state index in [0.717, 1.165) is 11.3 Å². The van der Waals surface area contributed by atoms with Crippen molar-refractivity contribution >= 4 is 29.3 Å². The van der Waals surface area contributed by atoms with Crippen LogP contribution < -0.4 is 10.6 Å². The lowest BCUT2D eigenvalue weighted by Gasteiger charge is -2.22. The minimum absolute atomic E-state index is 0.0526. The Labute approximate surface area is 186 Å². The highest BCUT2D eigenvalue weighted by molar-refractivity contribution is 7.99. The van der Waals surface area contributed by atoms with E-state index in [1.807, 2.05) is 66.1 Å². The number of rotatable bonds is 8. The summed E-state index contributed by atoms with van der Waals surface area (Å²) >= 11 is 1.33. The first-order chi connectivity index (χ1) is 14.8. The molecular formula is C23H27N5O2S. The maximum Gasteiger partial charge on any atom is 0.230 e. The molecule has 2 amide bonds. The van der Waals surface area contributed by atoms with Crippen LogP contribution in [0.4, 0.5) is 5.69 Å². The van der Waals surface area contributed by atoms with Gasteiger partial charge in [-0.05, 0) is 36.6 Å². The van der Waals surface area contributed by atoms with Gasteiger partial charge in [0.2, 0.25) is 11.8 Å². The van der Waals surface area contributed by atoms with Gasteiger partial charge in [0.1, 0.15) is 5.82 Å². The summed E-state index contributed by atoms with van der Waals surface area (Å²) in [7, 11) is 0. The van der Waals surface area contributed by atoms with Gasteiger partial charge in [0.05, 0.1) is 17.5 Å².